The second-order valence-corrected chi connectivity index (χ2v) is 8.29. The van der Waals surface area contributed by atoms with E-state index in [2.05, 4.69) is 28.2 Å². The number of nitrogens with one attached hydrogen (secondary N) is 2. The van der Waals surface area contributed by atoms with Crippen molar-refractivity contribution in [3.05, 3.63) is 55.6 Å². The minimum atomic E-state index is -3.54. The van der Waals surface area contributed by atoms with Gasteiger partial charge in [0, 0.05) is 31.6 Å². The molecule has 170 valence electrons. The fraction of sp³-hybridized carbons (Fsp3) is 0.409. The van der Waals surface area contributed by atoms with Crippen LogP contribution in [-0.4, -0.2) is 51.5 Å². The topological polar surface area (TPSA) is 108 Å². The van der Waals surface area contributed by atoms with Gasteiger partial charge in [0.25, 0.3) is 0 Å². The SMILES string of the molecule is C=CCC(=NCCNC(=O)C1CC(=O)N(c2ccccc2)C1)NS(=O)(=O)CC=C.CC. The molecule has 1 fully saturated rings. The van der Waals surface area contributed by atoms with E-state index in [0.29, 0.717) is 6.54 Å². The number of hydrogen-bond donors (Lipinski definition) is 2. The van der Waals surface area contributed by atoms with Crippen LogP contribution in [-0.2, 0) is 19.6 Å². The summed E-state index contributed by atoms with van der Waals surface area (Å²) in [7, 11) is -3.54. The Labute approximate surface area is 185 Å². The molecule has 2 rings (SSSR count). The number of carbonyl (C=O) groups is 2. The predicted molar refractivity (Wildman–Crippen MR) is 125 cm³/mol. The second kappa shape index (κ2) is 13.4. The van der Waals surface area contributed by atoms with Gasteiger partial charge in [-0.15, -0.1) is 13.2 Å². The Morgan fingerprint density at radius 3 is 2.52 bits per heavy atom. The molecule has 0 spiro atoms. The van der Waals surface area contributed by atoms with Crippen LogP contribution in [0.15, 0.2) is 60.6 Å². The summed E-state index contributed by atoms with van der Waals surface area (Å²) in [5.41, 5.74) is 0.776. The van der Waals surface area contributed by atoms with Crippen LogP contribution >= 0.6 is 0 Å². The minimum Gasteiger partial charge on any atom is -0.354 e. The van der Waals surface area contributed by atoms with Crippen molar-refractivity contribution in [1.82, 2.24) is 10.0 Å². The summed E-state index contributed by atoms with van der Waals surface area (Å²) < 4.78 is 26.0. The van der Waals surface area contributed by atoms with E-state index >= 15 is 0 Å². The van der Waals surface area contributed by atoms with Crippen LogP contribution in [0.5, 0.6) is 0 Å². The van der Waals surface area contributed by atoms with Gasteiger partial charge < -0.3 is 10.2 Å². The first-order chi connectivity index (χ1) is 14.9. The van der Waals surface area contributed by atoms with Crippen LogP contribution in [0, 0.1) is 5.92 Å². The highest BCUT2D eigenvalue weighted by Crippen LogP contribution is 2.24. The number of hydrogen-bond acceptors (Lipinski definition) is 5. The summed E-state index contributed by atoms with van der Waals surface area (Å²) in [6.07, 6.45) is 3.24. The number of rotatable bonds is 10. The van der Waals surface area contributed by atoms with Gasteiger partial charge in [0.15, 0.2) is 0 Å². The largest absolute Gasteiger partial charge is 0.354 e. The highest BCUT2D eigenvalue weighted by Gasteiger charge is 2.34. The smallest absolute Gasteiger partial charge is 0.237 e. The highest BCUT2D eigenvalue weighted by molar-refractivity contribution is 7.90. The summed E-state index contributed by atoms with van der Waals surface area (Å²) in [5.74, 6) is -0.690. The molecule has 1 heterocycles. The van der Waals surface area contributed by atoms with Gasteiger partial charge in [-0.2, -0.15) is 0 Å². The zero-order chi connectivity index (χ0) is 23.3. The van der Waals surface area contributed by atoms with Crippen molar-refractivity contribution in [2.24, 2.45) is 10.9 Å². The molecule has 0 radical (unpaired) electrons. The number of sulfonamides is 1. The first kappa shape index (κ1) is 26.1. The Kier molecular flexibility index (Phi) is 11.3. The Balaban J connectivity index is 0.00000233. The van der Waals surface area contributed by atoms with Crippen LogP contribution < -0.4 is 14.9 Å². The molecule has 2 N–H and O–H groups in total. The molecule has 2 amide bonds. The van der Waals surface area contributed by atoms with E-state index in [4.69, 9.17) is 0 Å². The molecule has 1 aromatic rings. The van der Waals surface area contributed by atoms with Gasteiger partial charge >= 0.3 is 0 Å². The summed E-state index contributed by atoms with van der Waals surface area (Å²) in [4.78, 5) is 30.4. The molecule has 0 aromatic heterocycles. The van der Waals surface area contributed by atoms with Crippen molar-refractivity contribution in [3.63, 3.8) is 0 Å². The van der Waals surface area contributed by atoms with Crippen LogP contribution in [0.1, 0.15) is 26.7 Å². The molecule has 1 aliphatic rings. The van der Waals surface area contributed by atoms with Crippen LogP contribution in [0.3, 0.4) is 0 Å². The lowest BCUT2D eigenvalue weighted by atomic mass is 10.1. The molecule has 1 unspecified atom stereocenters. The van der Waals surface area contributed by atoms with Crippen molar-refractivity contribution >= 4 is 33.4 Å². The molecule has 0 saturated carbocycles. The summed E-state index contributed by atoms with van der Waals surface area (Å²) >= 11 is 0. The average Bonchev–Trinajstić information content (AvgIpc) is 3.14. The number of amidine groups is 1. The first-order valence-corrected chi connectivity index (χ1v) is 11.9. The van der Waals surface area contributed by atoms with Crippen molar-refractivity contribution < 1.29 is 18.0 Å². The Morgan fingerprint density at radius 1 is 1.23 bits per heavy atom. The third-order valence-electron chi connectivity index (χ3n) is 4.23. The first-order valence-electron chi connectivity index (χ1n) is 10.2. The number of benzene rings is 1. The summed E-state index contributed by atoms with van der Waals surface area (Å²) in [6.45, 7) is 11.8. The lowest BCUT2D eigenvalue weighted by molar-refractivity contribution is -0.126. The van der Waals surface area contributed by atoms with Crippen LogP contribution in [0.25, 0.3) is 0 Å². The molecule has 1 aliphatic heterocycles. The number of anilines is 1. The van der Waals surface area contributed by atoms with Gasteiger partial charge in [-0.05, 0) is 12.1 Å². The van der Waals surface area contributed by atoms with E-state index in [1.807, 2.05) is 44.2 Å². The van der Waals surface area contributed by atoms with Crippen molar-refractivity contribution in [2.75, 3.05) is 30.3 Å². The van der Waals surface area contributed by atoms with E-state index in [-0.39, 0.29) is 49.3 Å². The highest BCUT2D eigenvalue weighted by atomic mass is 32.2. The predicted octanol–water partition coefficient (Wildman–Crippen LogP) is 2.26. The number of carbonyl (C=O) groups excluding carboxylic acids is 2. The van der Waals surface area contributed by atoms with Crippen LogP contribution in [0.4, 0.5) is 5.69 Å². The third-order valence-corrected chi connectivity index (χ3v) is 5.45. The molecule has 1 saturated heterocycles. The maximum Gasteiger partial charge on any atom is 0.237 e. The molecule has 31 heavy (non-hydrogen) atoms. The molecule has 9 heteroatoms. The van der Waals surface area contributed by atoms with Gasteiger partial charge in [-0.1, -0.05) is 44.2 Å². The van der Waals surface area contributed by atoms with Gasteiger partial charge in [0.2, 0.25) is 21.8 Å². The van der Waals surface area contributed by atoms with Crippen molar-refractivity contribution in [3.8, 4) is 0 Å². The number of amides is 2. The molecule has 8 nitrogen and oxygen atoms in total. The monoisotopic (exact) mass is 448 g/mol. The standard InChI is InChI=1S/C20H26N4O4S.C2H6/c1-3-8-18(23-29(27,28)13-4-2)21-11-12-22-20(26)16-14-19(25)24(15-16)17-9-6-5-7-10-17;1-2/h3-7,9-10,16H,1-2,8,11-15H2,(H,21,23)(H,22,26);1-2H3. The van der Waals surface area contributed by atoms with E-state index in [1.54, 1.807) is 4.90 Å². The zero-order valence-electron chi connectivity index (χ0n) is 18.2. The molecule has 1 aromatic carbocycles. The lowest BCUT2D eigenvalue weighted by Gasteiger charge is -2.16. The summed E-state index contributed by atoms with van der Waals surface area (Å²) in [5, 5.41) is 2.76. The second-order valence-electron chi connectivity index (χ2n) is 6.53. The molecular weight excluding hydrogens is 416 g/mol. The quantitative estimate of drug-likeness (QED) is 0.248. The fourth-order valence-electron chi connectivity index (χ4n) is 2.91. The fourth-order valence-corrected chi connectivity index (χ4v) is 3.81. The van der Waals surface area contributed by atoms with Crippen molar-refractivity contribution in [1.29, 1.82) is 0 Å². The van der Waals surface area contributed by atoms with Crippen molar-refractivity contribution in [2.45, 2.75) is 26.7 Å². The number of nitrogens with zero attached hydrogens (tertiary/aromatic N) is 2. The summed E-state index contributed by atoms with van der Waals surface area (Å²) in [6, 6.07) is 9.23. The van der Waals surface area contributed by atoms with Crippen LogP contribution in [0.2, 0.25) is 0 Å². The lowest BCUT2D eigenvalue weighted by Crippen LogP contribution is -2.35. The molecule has 1 atom stereocenters. The number of para-hydroxylation sites is 1. The normalized spacial score (nSPS) is 16.2. The van der Waals surface area contributed by atoms with E-state index < -0.39 is 15.9 Å². The molecule has 0 bridgehead atoms. The Morgan fingerprint density at radius 2 is 1.90 bits per heavy atom. The molecular formula is C22H32N4O4S. The van der Waals surface area contributed by atoms with E-state index in [1.165, 1.54) is 12.2 Å². The molecule has 0 aliphatic carbocycles. The van der Waals surface area contributed by atoms with Gasteiger partial charge in [-0.25, -0.2) is 8.42 Å². The maximum atomic E-state index is 12.4. The third kappa shape index (κ3) is 8.75. The Hall–Kier alpha value is -2.94. The van der Waals surface area contributed by atoms with Gasteiger partial charge in [-0.3, -0.25) is 19.3 Å². The zero-order valence-corrected chi connectivity index (χ0v) is 19.0. The van der Waals surface area contributed by atoms with Gasteiger partial charge in [0.05, 0.1) is 18.2 Å². The van der Waals surface area contributed by atoms with E-state index in [9.17, 15) is 18.0 Å². The van der Waals surface area contributed by atoms with Gasteiger partial charge in [0.1, 0.15) is 5.84 Å². The number of aliphatic imine (C=N–C) groups is 1. The Bertz CT molecular complexity index is 882. The van der Waals surface area contributed by atoms with E-state index in [0.717, 1.165) is 5.69 Å². The minimum absolute atomic E-state index is 0.0840. The average molecular weight is 449 g/mol. The maximum absolute atomic E-state index is 12.4.